The van der Waals surface area contributed by atoms with E-state index in [1.165, 1.54) is 6.20 Å². The van der Waals surface area contributed by atoms with Crippen molar-refractivity contribution in [2.75, 3.05) is 16.8 Å². The Labute approximate surface area is 178 Å². The molecule has 3 aromatic heterocycles. The molecule has 2 amide bonds. The van der Waals surface area contributed by atoms with Gasteiger partial charge in [-0.1, -0.05) is 0 Å². The molecule has 1 saturated carbocycles. The lowest BCUT2D eigenvalue weighted by Crippen LogP contribution is -2.30. The van der Waals surface area contributed by atoms with Gasteiger partial charge in [-0.05, 0) is 33.1 Å². The lowest BCUT2D eigenvalue weighted by molar-refractivity contribution is -0.118. The van der Waals surface area contributed by atoms with Crippen molar-refractivity contribution < 1.29 is 9.59 Å². The summed E-state index contributed by atoms with van der Waals surface area (Å²) in [6.45, 7) is 6.33. The summed E-state index contributed by atoms with van der Waals surface area (Å²) in [6, 6.07) is -0.152. The second-order valence-electron chi connectivity index (χ2n) is 8.09. The fraction of sp³-hybridized carbons (Fsp3) is 0.381. The van der Waals surface area contributed by atoms with E-state index in [1.54, 1.807) is 41.3 Å². The van der Waals surface area contributed by atoms with Crippen molar-refractivity contribution in [2.45, 2.75) is 33.2 Å². The Morgan fingerprint density at radius 2 is 1.97 bits per heavy atom. The van der Waals surface area contributed by atoms with Crippen LogP contribution < -0.4 is 10.2 Å². The van der Waals surface area contributed by atoms with E-state index in [0.717, 1.165) is 17.7 Å². The zero-order chi connectivity index (χ0) is 21.7. The predicted molar refractivity (Wildman–Crippen MR) is 111 cm³/mol. The Balaban J connectivity index is 1.31. The highest BCUT2D eigenvalue weighted by Gasteiger charge is 2.53. The number of hydrogen-bond acceptors (Lipinski definition) is 7. The van der Waals surface area contributed by atoms with Crippen LogP contribution in [-0.2, 0) is 4.79 Å². The molecule has 10 nitrogen and oxygen atoms in total. The summed E-state index contributed by atoms with van der Waals surface area (Å²) < 4.78 is 1.74. The van der Waals surface area contributed by atoms with Gasteiger partial charge >= 0.3 is 0 Å². The minimum absolute atomic E-state index is 0.135. The summed E-state index contributed by atoms with van der Waals surface area (Å²) in [4.78, 5) is 43.6. The van der Waals surface area contributed by atoms with Gasteiger partial charge in [0.05, 0.1) is 23.6 Å². The molecular weight excluding hydrogens is 396 g/mol. The highest BCUT2D eigenvalue weighted by Crippen LogP contribution is 2.46. The fourth-order valence-electron chi connectivity index (χ4n) is 4.04. The number of nitrogens with one attached hydrogen (secondary N) is 1. The van der Waals surface area contributed by atoms with Gasteiger partial charge in [-0.3, -0.25) is 24.2 Å². The van der Waals surface area contributed by atoms with Crippen LogP contribution in [-0.4, -0.2) is 48.1 Å². The maximum atomic E-state index is 12.5. The van der Waals surface area contributed by atoms with Crippen LogP contribution in [0, 0.1) is 25.7 Å². The van der Waals surface area contributed by atoms with Gasteiger partial charge in [0.1, 0.15) is 5.69 Å². The van der Waals surface area contributed by atoms with E-state index in [0.29, 0.717) is 29.8 Å². The number of anilines is 2. The third kappa shape index (κ3) is 3.43. The van der Waals surface area contributed by atoms with Crippen LogP contribution in [0.5, 0.6) is 0 Å². The third-order valence-electron chi connectivity index (χ3n) is 5.97. The van der Waals surface area contributed by atoms with Crippen molar-refractivity contribution in [3.63, 3.8) is 0 Å². The van der Waals surface area contributed by atoms with Crippen LogP contribution in [0.15, 0.2) is 31.0 Å². The number of nitrogens with zero attached hydrogens (tertiary/aromatic N) is 7. The number of amides is 2. The predicted octanol–water partition coefficient (Wildman–Crippen LogP) is 1.92. The number of carbonyl (C=O) groups excluding carboxylic acids is 2. The molecule has 158 valence electrons. The molecule has 2 aliphatic rings. The number of fused-ring (bicyclic) bond motifs is 1. The first-order valence-corrected chi connectivity index (χ1v) is 10.2. The van der Waals surface area contributed by atoms with Gasteiger partial charge in [0.2, 0.25) is 11.9 Å². The molecule has 4 heterocycles. The zero-order valence-corrected chi connectivity index (χ0v) is 17.5. The van der Waals surface area contributed by atoms with Gasteiger partial charge in [-0.25, -0.2) is 15.0 Å². The summed E-state index contributed by atoms with van der Waals surface area (Å²) in [6.07, 6.45) is 9.11. The monoisotopic (exact) mass is 418 g/mol. The average Bonchev–Trinajstić information content (AvgIpc) is 3.25. The maximum absolute atomic E-state index is 12.5. The molecule has 1 aliphatic carbocycles. The van der Waals surface area contributed by atoms with E-state index in [9.17, 15) is 9.59 Å². The molecule has 1 N–H and O–H groups in total. The number of carbonyl (C=O) groups is 2. The number of rotatable bonds is 5. The summed E-state index contributed by atoms with van der Waals surface area (Å²) in [5.41, 5.74) is 3.08. The van der Waals surface area contributed by atoms with Crippen molar-refractivity contribution in [3.8, 4) is 0 Å². The molecule has 0 spiro atoms. The van der Waals surface area contributed by atoms with E-state index in [4.69, 9.17) is 0 Å². The average molecular weight is 418 g/mol. The van der Waals surface area contributed by atoms with Crippen LogP contribution in [0.25, 0.3) is 0 Å². The van der Waals surface area contributed by atoms with Crippen molar-refractivity contribution in [1.29, 1.82) is 0 Å². The van der Waals surface area contributed by atoms with E-state index < -0.39 is 0 Å². The first-order chi connectivity index (χ1) is 14.9. The number of aryl methyl sites for hydroxylation is 2. The van der Waals surface area contributed by atoms with Crippen LogP contribution in [0.2, 0.25) is 0 Å². The molecule has 1 saturated heterocycles. The Hall–Kier alpha value is -3.69. The van der Waals surface area contributed by atoms with Crippen molar-refractivity contribution >= 4 is 23.5 Å². The van der Waals surface area contributed by atoms with Gasteiger partial charge in [-0.2, -0.15) is 5.10 Å². The van der Waals surface area contributed by atoms with Crippen molar-refractivity contribution in [1.82, 2.24) is 29.7 Å². The van der Waals surface area contributed by atoms with E-state index in [-0.39, 0.29) is 29.5 Å². The fourth-order valence-corrected chi connectivity index (χ4v) is 4.04. The van der Waals surface area contributed by atoms with E-state index >= 15 is 0 Å². The summed E-state index contributed by atoms with van der Waals surface area (Å²) in [7, 11) is 0. The first-order valence-electron chi connectivity index (χ1n) is 10.2. The van der Waals surface area contributed by atoms with Gasteiger partial charge in [0.15, 0.2) is 0 Å². The smallest absolute Gasteiger partial charge is 0.276 e. The Kier molecular flexibility index (Phi) is 4.49. The topological polar surface area (TPSA) is 119 Å². The number of aromatic nitrogens is 6. The highest BCUT2D eigenvalue weighted by molar-refractivity contribution is 6.03. The molecule has 0 aromatic carbocycles. The normalized spacial score (nSPS) is 20.5. The second kappa shape index (κ2) is 7.22. The molecular formula is C21H22N8O2. The Morgan fingerprint density at radius 1 is 1.16 bits per heavy atom. The third-order valence-corrected chi connectivity index (χ3v) is 5.97. The maximum Gasteiger partial charge on any atom is 0.276 e. The molecule has 0 radical (unpaired) electrons. The van der Waals surface area contributed by atoms with Crippen LogP contribution in [0.1, 0.15) is 46.8 Å². The minimum Gasteiger partial charge on any atom is -0.318 e. The molecule has 5 rings (SSSR count). The molecule has 3 atom stereocenters. The SMILES string of the molecule is Cc1nc(N2C[C@H]3C[C@H]3C2=O)ncc1[C@@H](C)n1cc(NC(=O)c2nccnc2C)cn1. The van der Waals surface area contributed by atoms with Gasteiger partial charge in [0, 0.05) is 48.5 Å². The zero-order valence-electron chi connectivity index (χ0n) is 17.5. The lowest BCUT2D eigenvalue weighted by atomic mass is 10.1. The number of hydrogen-bond donors (Lipinski definition) is 1. The molecule has 3 aromatic rings. The van der Waals surface area contributed by atoms with E-state index in [2.05, 4.69) is 30.4 Å². The molecule has 31 heavy (non-hydrogen) atoms. The summed E-state index contributed by atoms with van der Waals surface area (Å²) >= 11 is 0. The summed E-state index contributed by atoms with van der Waals surface area (Å²) in [5, 5.41) is 7.18. The van der Waals surface area contributed by atoms with Gasteiger partial charge in [-0.15, -0.1) is 0 Å². The van der Waals surface area contributed by atoms with Crippen LogP contribution in [0.4, 0.5) is 11.6 Å². The Morgan fingerprint density at radius 3 is 2.68 bits per heavy atom. The van der Waals surface area contributed by atoms with Crippen LogP contribution in [0.3, 0.4) is 0 Å². The van der Waals surface area contributed by atoms with Crippen molar-refractivity contribution in [3.05, 3.63) is 53.6 Å². The quantitative estimate of drug-likeness (QED) is 0.672. The molecule has 1 aliphatic heterocycles. The minimum atomic E-state index is -0.338. The van der Waals surface area contributed by atoms with Crippen molar-refractivity contribution in [2.24, 2.45) is 11.8 Å². The highest BCUT2D eigenvalue weighted by atomic mass is 16.2. The first kappa shape index (κ1) is 19.3. The summed E-state index contributed by atoms with van der Waals surface area (Å²) in [5.74, 6) is 0.911. The standard InChI is InChI=1S/C21H22N8O2/c1-11-17(8-24-21(26-11)28-9-14-6-16(14)20(28)31)13(3)29-10-15(7-25-29)27-19(30)18-12(2)22-4-5-23-18/h4-5,7-8,10,13-14,16H,6,9H2,1-3H3,(H,27,30)/t13-,14-,16-/m1/s1. The van der Waals surface area contributed by atoms with Crippen LogP contribution >= 0.6 is 0 Å². The number of piperidine rings is 1. The largest absolute Gasteiger partial charge is 0.318 e. The molecule has 2 fully saturated rings. The second-order valence-corrected chi connectivity index (χ2v) is 8.09. The van der Waals surface area contributed by atoms with Gasteiger partial charge in [0.25, 0.3) is 5.91 Å². The molecule has 10 heteroatoms. The van der Waals surface area contributed by atoms with Gasteiger partial charge < -0.3 is 5.32 Å². The lowest BCUT2D eigenvalue weighted by Gasteiger charge is -2.19. The van der Waals surface area contributed by atoms with E-state index in [1.807, 2.05) is 13.8 Å². The Bertz CT molecular complexity index is 1190. The molecule has 0 bridgehead atoms. The molecule has 0 unspecified atom stereocenters.